The predicted octanol–water partition coefficient (Wildman–Crippen LogP) is 5.17. The number of anilines is 1. The largest absolute Gasteiger partial charge is 0.416 e. The standard InChI is InChI=1S/C21H21F3N2O5S/c1-13-2-9-17(10-3-13)32(30,31)25-18-12-15(6-11-19(18)26(28)29)20(27)14-4-7-16(8-5-14)21(22,23)24/h4-8,11-13,17,25H,2-3,9-10H2,1H3. The van der Waals surface area contributed by atoms with Crippen molar-refractivity contribution < 1.29 is 31.3 Å². The van der Waals surface area contributed by atoms with Gasteiger partial charge in [0.25, 0.3) is 5.69 Å². The molecule has 3 rings (SSSR count). The van der Waals surface area contributed by atoms with Crippen LogP contribution in [0, 0.1) is 16.0 Å². The highest BCUT2D eigenvalue weighted by molar-refractivity contribution is 7.93. The molecule has 1 fully saturated rings. The molecule has 172 valence electrons. The lowest BCUT2D eigenvalue weighted by molar-refractivity contribution is -0.383. The minimum absolute atomic E-state index is 0.0677. The Morgan fingerprint density at radius 1 is 1.03 bits per heavy atom. The molecule has 0 radical (unpaired) electrons. The van der Waals surface area contributed by atoms with Gasteiger partial charge in [-0.3, -0.25) is 19.6 Å². The first kappa shape index (κ1) is 23.7. The second kappa shape index (κ2) is 8.89. The topological polar surface area (TPSA) is 106 Å². The van der Waals surface area contributed by atoms with Crippen molar-refractivity contribution in [2.75, 3.05) is 4.72 Å². The highest BCUT2D eigenvalue weighted by atomic mass is 32.2. The molecule has 7 nitrogen and oxygen atoms in total. The molecule has 2 aromatic carbocycles. The molecule has 1 N–H and O–H groups in total. The number of ketones is 1. The number of alkyl halides is 3. The molecule has 0 aliphatic heterocycles. The molecule has 0 heterocycles. The summed E-state index contributed by atoms with van der Waals surface area (Å²) in [6, 6.07) is 6.69. The Labute approximate surface area is 182 Å². The van der Waals surface area contributed by atoms with Crippen LogP contribution in [0.4, 0.5) is 24.5 Å². The van der Waals surface area contributed by atoms with Crippen molar-refractivity contribution in [1.29, 1.82) is 0 Å². The van der Waals surface area contributed by atoms with Crippen LogP contribution in [0.2, 0.25) is 0 Å². The summed E-state index contributed by atoms with van der Waals surface area (Å²) in [7, 11) is -3.94. The van der Waals surface area contributed by atoms with E-state index in [-0.39, 0.29) is 16.8 Å². The molecular formula is C21H21F3N2O5S. The summed E-state index contributed by atoms with van der Waals surface area (Å²) in [4.78, 5) is 23.3. The van der Waals surface area contributed by atoms with Gasteiger partial charge in [0.1, 0.15) is 5.69 Å². The first-order valence-corrected chi connectivity index (χ1v) is 11.4. The van der Waals surface area contributed by atoms with Crippen molar-refractivity contribution in [3.05, 3.63) is 69.3 Å². The van der Waals surface area contributed by atoms with Gasteiger partial charge in [-0.1, -0.05) is 19.1 Å². The maximum atomic E-state index is 12.8. The second-order valence-corrected chi connectivity index (χ2v) is 9.88. The Kier molecular flexibility index (Phi) is 6.59. The Balaban J connectivity index is 1.90. The number of carbonyl (C=O) groups is 1. The molecule has 0 aromatic heterocycles. The van der Waals surface area contributed by atoms with E-state index >= 15 is 0 Å². The molecule has 1 aliphatic carbocycles. The van der Waals surface area contributed by atoms with E-state index in [4.69, 9.17) is 0 Å². The molecule has 2 aromatic rings. The summed E-state index contributed by atoms with van der Waals surface area (Å²) in [5.41, 5.74) is -1.96. The average molecular weight is 470 g/mol. The van der Waals surface area contributed by atoms with Crippen molar-refractivity contribution in [3.8, 4) is 0 Å². The van der Waals surface area contributed by atoms with E-state index in [1.54, 1.807) is 0 Å². The number of hydrogen-bond donors (Lipinski definition) is 1. The Morgan fingerprint density at radius 3 is 2.12 bits per heavy atom. The maximum Gasteiger partial charge on any atom is 0.416 e. The van der Waals surface area contributed by atoms with Crippen LogP contribution in [0.1, 0.15) is 54.1 Å². The summed E-state index contributed by atoms with van der Waals surface area (Å²) in [5.74, 6) is -0.291. The molecule has 1 aliphatic rings. The van der Waals surface area contributed by atoms with E-state index in [9.17, 15) is 36.5 Å². The summed E-state index contributed by atoms with van der Waals surface area (Å²) in [6.45, 7) is 2.03. The fraction of sp³-hybridized carbons (Fsp3) is 0.381. The van der Waals surface area contributed by atoms with Crippen LogP contribution in [-0.4, -0.2) is 24.4 Å². The summed E-state index contributed by atoms with van der Waals surface area (Å²) in [5, 5.41) is 10.7. The number of rotatable bonds is 6. The van der Waals surface area contributed by atoms with Gasteiger partial charge in [0, 0.05) is 17.2 Å². The van der Waals surface area contributed by atoms with Crippen LogP contribution in [0.3, 0.4) is 0 Å². The molecule has 0 amide bonds. The zero-order valence-electron chi connectivity index (χ0n) is 17.1. The number of nitro groups is 1. The molecule has 0 atom stereocenters. The summed E-state index contributed by atoms with van der Waals surface area (Å²) in [6.07, 6.45) is -2.26. The zero-order chi connectivity index (χ0) is 23.7. The van der Waals surface area contributed by atoms with Gasteiger partial charge in [0.15, 0.2) is 5.78 Å². The van der Waals surface area contributed by atoms with Gasteiger partial charge in [-0.15, -0.1) is 0 Å². The van der Waals surface area contributed by atoms with E-state index in [0.29, 0.717) is 18.8 Å². The number of carbonyl (C=O) groups excluding carboxylic acids is 1. The van der Waals surface area contributed by atoms with E-state index in [2.05, 4.69) is 4.72 Å². The predicted molar refractivity (Wildman–Crippen MR) is 112 cm³/mol. The van der Waals surface area contributed by atoms with Crippen molar-refractivity contribution in [3.63, 3.8) is 0 Å². The van der Waals surface area contributed by atoms with Gasteiger partial charge in [-0.25, -0.2) is 8.42 Å². The van der Waals surface area contributed by atoms with Crippen LogP contribution < -0.4 is 4.72 Å². The van der Waals surface area contributed by atoms with Gasteiger partial charge in [0.2, 0.25) is 10.0 Å². The third-order valence-corrected chi connectivity index (χ3v) is 7.44. The number of nitro benzene ring substituents is 1. The smallest absolute Gasteiger partial charge is 0.289 e. The number of sulfonamides is 1. The zero-order valence-corrected chi connectivity index (χ0v) is 17.9. The lowest BCUT2D eigenvalue weighted by atomic mass is 9.91. The van der Waals surface area contributed by atoms with Gasteiger partial charge in [-0.05, 0) is 55.9 Å². The van der Waals surface area contributed by atoms with Crippen LogP contribution in [0.15, 0.2) is 42.5 Å². The Hall–Kier alpha value is -2.95. The van der Waals surface area contributed by atoms with Crippen molar-refractivity contribution >= 4 is 27.2 Å². The molecule has 0 unspecified atom stereocenters. The second-order valence-electron chi connectivity index (χ2n) is 7.92. The van der Waals surface area contributed by atoms with Crippen molar-refractivity contribution in [2.45, 2.75) is 44.0 Å². The molecule has 32 heavy (non-hydrogen) atoms. The molecule has 0 spiro atoms. The maximum absolute atomic E-state index is 12.8. The lowest BCUT2D eigenvalue weighted by Crippen LogP contribution is -2.31. The number of nitrogens with zero attached hydrogens (tertiary/aromatic N) is 1. The quantitative estimate of drug-likeness (QED) is 0.356. The molecule has 11 heteroatoms. The normalized spacial score (nSPS) is 19.4. The van der Waals surface area contributed by atoms with Crippen LogP contribution >= 0.6 is 0 Å². The molecular weight excluding hydrogens is 449 g/mol. The van der Waals surface area contributed by atoms with Crippen LogP contribution in [0.5, 0.6) is 0 Å². The molecule has 1 saturated carbocycles. The summed E-state index contributed by atoms with van der Waals surface area (Å²) < 4.78 is 66.1. The van der Waals surface area contributed by atoms with Gasteiger partial charge in [0.05, 0.1) is 15.7 Å². The van der Waals surface area contributed by atoms with E-state index in [0.717, 1.165) is 55.3 Å². The van der Waals surface area contributed by atoms with Gasteiger partial charge in [-0.2, -0.15) is 13.2 Å². The van der Waals surface area contributed by atoms with E-state index in [1.165, 1.54) is 0 Å². The van der Waals surface area contributed by atoms with Crippen molar-refractivity contribution in [1.82, 2.24) is 0 Å². The number of benzene rings is 2. The average Bonchev–Trinajstić information content (AvgIpc) is 2.72. The molecule has 0 bridgehead atoms. The number of halogens is 3. The molecule has 0 saturated heterocycles. The third kappa shape index (κ3) is 5.26. The lowest BCUT2D eigenvalue weighted by Gasteiger charge is -2.26. The fourth-order valence-corrected chi connectivity index (χ4v) is 5.20. The summed E-state index contributed by atoms with van der Waals surface area (Å²) >= 11 is 0. The van der Waals surface area contributed by atoms with Gasteiger partial charge >= 0.3 is 6.18 Å². The minimum Gasteiger partial charge on any atom is -0.289 e. The highest BCUT2D eigenvalue weighted by Gasteiger charge is 2.32. The Bertz CT molecular complexity index is 1120. The number of hydrogen-bond acceptors (Lipinski definition) is 5. The van der Waals surface area contributed by atoms with Crippen LogP contribution in [-0.2, 0) is 16.2 Å². The van der Waals surface area contributed by atoms with E-state index < -0.39 is 43.4 Å². The fourth-order valence-electron chi connectivity index (χ4n) is 3.67. The first-order chi connectivity index (χ1) is 14.9. The van der Waals surface area contributed by atoms with Crippen molar-refractivity contribution in [2.24, 2.45) is 5.92 Å². The third-order valence-electron chi connectivity index (χ3n) is 5.58. The van der Waals surface area contributed by atoms with E-state index in [1.807, 2.05) is 6.92 Å². The van der Waals surface area contributed by atoms with Gasteiger partial charge < -0.3 is 0 Å². The first-order valence-electron chi connectivity index (χ1n) is 9.90. The van der Waals surface area contributed by atoms with Crippen LogP contribution in [0.25, 0.3) is 0 Å². The monoisotopic (exact) mass is 470 g/mol. The minimum atomic E-state index is -4.56. The highest BCUT2D eigenvalue weighted by Crippen LogP contribution is 2.33. The SMILES string of the molecule is CC1CCC(S(=O)(=O)Nc2cc(C(=O)c3ccc(C(F)(F)F)cc3)ccc2[N+](=O)[O-])CC1. The number of nitrogens with one attached hydrogen (secondary N) is 1. The Morgan fingerprint density at radius 2 is 1.59 bits per heavy atom.